The summed E-state index contributed by atoms with van der Waals surface area (Å²) in [5.41, 5.74) is 1.85. The van der Waals surface area contributed by atoms with Crippen molar-refractivity contribution < 1.29 is 4.79 Å². The zero-order chi connectivity index (χ0) is 17.2. The molecule has 1 saturated heterocycles. The second kappa shape index (κ2) is 7.00. The van der Waals surface area contributed by atoms with E-state index in [0.29, 0.717) is 0 Å². The molecular formula is C19H17N3OS2. The van der Waals surface area contributed by atoms with Crippen LogP contribution in [-0.4, -0.2) is 16.4 Å². The molecule has 0 bridgehead atoms. The lowest BCUT2D eigenvalue weighted by molar-refractivity contribution is -0.116. The summed E-state index contributed by atoms with van der Waals surface area (Å²) in [6.07, 6.45) is 3.72. The van der Waals surface area contributed by atoms with E-state index in [1.54, 1.807) is 17.5 Å². The van der Waals surface area contributed by atoms with Crippen molar-refractivity contribution >= 4 is 46.0 Å². The van der Waals surface area contributed by atoms with Gasteiger partial charge in [0.15, 0.2) is 0 Å². The minimum absolute atomic E-state index is 0.0350. The number of thioether (sulfide) groups is 1. The summed E-state index contributed by atoms with van der Waals surface area (Å²) in [6.45, 7) is 2.11. The van der Waals surface area contributed by atoms with Crippen LogP contribution in [0.25, 0.3) is 17.0 Å². The number of aromatic nitrogens is 1. The number of nitrogens with one attached hydrogen (secondary N) is 2. The van der Waals surface area contributed by atoms with Gasteiger partial charge in [0.25, 0.3) is 5.91 Å². The lowest BCUT2D eigenvalue weighted by atomic mass is 10.1. The molecule has 0 aliphatic carbocycles. The number of carbonyl (C=O) groups excluding carboxylic acids is 1. The molecule has 2 atom stereocenters. The smallest absolute Gasteiger partial charge is 0.259 e. The van der Waals surface area contributed by atoms with Gasteiger partial charge in [-0.25, -0.2) is 0 Å². The minimum atomic E-state index is -0.113. The Morgan fingerprint density at radius 2 is 2.20 bits per heavy atom. The fraction of sp³-hybridized carbons (Fsp3) is 0.158. The predicted octanol–water partition coefficient (Wildman–Crippen LogP) is 4.13. The number of benzene rings is 1. The van der Waals surface area contributed by atoms with Gasteiger partial charge < -0.3 is 5.32 Å². The van der Waals surface area contributed by atoms with Crippen LogP contribution in [0.4, 0.5) is 0 Å². The molecule has 6 heteroatoms. The Labute approximate surface area is 154 Å². The summed E-state index contributed by atoms with van der Waals surface area (Å²) in [4.78, 5) is 18.6. The van der Waals surface area contributed by atoms with Gasteiger partial charge in [-0.2, -0.15) is 0 Å². The first-order valence-electron chi connectivity index (χ1n) is 8.02. The third kappa shape index (κ3) is 3.61. The molecule has 2 N–H and O–H groups in total. The summed E-state index contributed by atoms with van der Waals surface area (Å²) in [6, 6.07) is 14.3. The van der Waals surface area contributed by atoms with E-state index in [4.69, 9.17) is 0 Å². The zero-order valence-electron chi connectivity index (χ0n) is 13.6. The average Bonchev–Trinajstić information content (AvgIpc) is 3.25. The molecule has 1 amide bonds. The van der Waals surface area contributed by atoms with Gasteiger partial charge in [0.1, 0.15) is 5.50 Å². The molecule has 1 fully saturated rings. The van der Waals surface area contributed by atoms with E-state index >= 15 is 0 Å². The largest absolute Gasteiger partial charge is 0.327 e. The van der Waals surface area contributed by atoms with Crippen molar-refractivity contribution in [2.45, 2.75) is 18.5 Å². The van der Waals surface area contributed by atoms with E-state index in [1.165, 1.54) is 16.6 Å². The maximum Gasteiger partial charge on any atom is 0.259 e. The molecule has 2 unspecified atom stereocenters. The van der Waals surface area contributed by atoms with Crippen LogP contribution in [-0.2, 0) is 4.79 Å². The summed E-state index contributed by atoms with van der Waals surface area (Å²) in [5, 5.41) is 9.57. The molecule has 2 aromatic heterocycles. The van der Waals surface area contributed by atoms with Crippen molar-refractivity contribution in [3.05, 3.63) is 69.4 Å². The predicted molar refractivity (Wildman–Crippen MR) is 105 cm³/mol. The lowest BCUT2D eigenvalue weighted by Crippen LogP contribution is -2.38. The highest BCUT2D eigenvalue weighted by atomic mass is 32.2. The summed E-state index contributed by atoms with van der Waals surface area (Å²) in [7, 11) is 0. The van der Waals surface area contributed by atoms with Crippen LogP contribution in [0.3, 0.4) is 0 Å². The van der Waals surface area contributed by atoms with Crippen LogP contribution in [0.5, 0.6) is 0 Å². The van der Waals surface area contributed by atoms with Crippen LogP contribution in [0.1, 0.15) is 23.4 Å². The van der Waals surface area contributed by atoms with Crippen molar-refractivity contribution in [2.75, 3.05) is 0 Å². The normalized spacial score (nSPS) is 20.1. The highest BCUT2D eigenvalue weighted by Crippen LogP contribution is 2.30. The van der Waals surface area contributed by atoms with Crippen LogP contribution in [0.2, 0.25) is 0 Å². The van der Waals surface area contributed by atoms with Crippen LogP contribution < -0.4 is 10.6 Å². The van der Waals surface area contributed by atoms with Gasteiger partial charge in [0.2, 0.25) is 0 Å². The van der Waals surface area contributed by atoms with Crippen LogP contribution >= 0.6 is 23.1 Å². The fourth-order valence-electron chi connectivity index (χ4n) is 2.76. The number of carbonyl (C=O) groups is 1. The third-order valence-electron chi connectivity index (χ3n) is 4.03. The monoisotopic (exact) mass is 367 g/mol. The number of pyridine rings is 1. The van der Waals surface area contributed by atoms with Crippen molar-refractivity contribution in [3.63, 3.8) is 0 Å². The molecule has 1 aromatic carbocycles. The first kappa shape index (κ1) is 16.3. The van der Waals surface area contributed by atoms with Crippen molar-refractivity contribution in [3.8, 4) is 0 Å². The molecule has 3 heterocycles. The van der Waals surface area contributed by atoms with Crippen molar-refractivity contribution in [1.29, 1.82) is 0 Å². The van der Waals surface area contributed by atoms with E-state index in [0.717, 1.165) is 21.4 Å². The quantitative estimate of drug-likeness (QED) is 0.681. The van der Waals surface area contributed by atoms with Crippen molar-refractivity contribution in [1.82, 2.24) is 15.6 Å². The van der Waals surface area contributed by atoms with Gasteiger partial charge in [0.05, 0.1) is 10.4 Å². The van der Waals surface area contributed by atoms with Crippen LogP contribution in [0, 0.1) is 0 Å². The van der Waals surface area contributed by atoms with Gasteiger partial charge in [-0.1, -0.05) is 30.0 Å². The Bertz CT molecular complexity index is 937. The Balaban J connectivity index is 1.50. The molecule has 0 spiro atoms. The molecule has 4 rings (SSSR count). The molecule has 1 aliphatic rings. The van der Waals surface area contributed by atoms with Gasteiger partial charge in [0, 0.05) is 22.5 Å². The summed E-state index contributed by atoms with van der Waals surface area (Å²) >= 11 is 3.24. The topological polar surface area (TPSA) is 54.0 Å². The number of hydrogen-bond donors (Lipinski definition) is 2. The first-order valence-corrected chi connectivity index (χ1v) is 9.78. The standard InChI is InChI=1S/C19H17N3OS2/c1-12(16-5-3-9-24-16)21-19-22-18(23)17(25-19)11-13-6-7-15-14(10-13)4-2-8-20-15/h2-12,19,21H,1H3,(H,22,23)/b17-11-. The lowest BCUT2D eigenvalue weighted by Gasteiger charge is -2.17. The number of hydrogen-bond acceptors (Lipinski definition) is 5. The summed E-state index contributed by atoms with van der Waals surface area (Å²) in [5.74, 6) is -0.0350. The van der Waals surface area contributed by atoms with E-state index in [-0.39, 0.29) is 17.4 Å². The van der Waals surface area contributed by atoms with E-state index in [9.17, 15) is 4.79 Å². The number of fused-ring (bicyclic) bond motifs is 1. The summed E-state index contributed by atoms with van der Waals surface area (Å²) < 4.78 is 0. The minimum Gasteiger partial charge on any atom is -0.327 e. The first-order chi connectivity index (χ1) is 12.2. The Morgan fingerprint density at radius 1 is 1.28 bits per heavy atom. The molecule has 3 aromatic rings. The highest BCUT2D eigenvalue weighted by Gasteiger charge is 2.28. The molecular weight excluding hydrogens is 350 g/mol. The van der Waals surface area contributed by atoms with Gasteiger partial charge in [-0.3, -0.25) is 15.1 Å². The second-order valence-corrected chi connectivity index (χ2v) is 7.97. The zero-order valence-corrected chi connectivity index (χ0v) is 15.2. The molecule has 4 nitrogen and oxygen atoms in total. The fourth-order valence-corrected chi connectivity index (χ4v) is 4.56. The third-order valence-corrected chi connectivity index (χ3v) is 6.13. The van der Waals surface area contributed by atoms with Gasteiger partial charge >= 0.3 is 0 Å². The Morgan fingerprint density at radius 3 is 3.04 bits per heavy atom. The Hall–Kier alpha value is -2.15. The average molecular weight is 367 g/mol. The molecule has 0 radical (unpaired) electrons. The maximum absolute atomic E-state index is 12.3. The number of thiophene rings is 1. The molecule has 25 heavy (non-hydrogen) atoms. The van der Waals surface area contributed by atoms with Crippen LogP contribution in [0.15, 0.2) is 58.9 Å². The number of nitrogens with zero attached hydrogens (tertiary/aromatic N) is 1. The van der Waals surface area contributed by atoms with Gasteiger partial charge in [-0.05, 0) is 48.2 Å². The number of rotatable bonds is 4. The van der Waals surface area contributed by atoms with Crippen molar-refractivity contribution in [2.24, 2.45) is 0 Å². The van der Waals surface area contributed by atoms with Gasteiger partial charge in [-0.15, -0.1) is 11.3 Å². The van der Waals surface area contributed by atoms with E-state index < -0.39 is 0 Å². The highest BCUT2D eigenvalue weighted by molar-refractivity contribution is 8.05. The number of amides is 1. The molecule has 0 saturated carbocycles. The van der Waals surface area contributed by atoms with E-state index in [1.807, 2.05) is 36.4 Å². The SMILES string of the molecule is CC(NC1NC(=O)/C(=C/c2ccc3ncccc3c2)S1)c1cccs1. The Kier molecular flexibility index (Phi) is 4.57. The van der Waals surface area contributed by atoms with E-state index in [2.05, 4.69) is 40.1 Å². The maximum atomic E-state index is 12.3. The molecule has 1 aliphatic heterocycles. The molecule has 126 valence electrons. The second-order valence-electron chi connectivity index (χ2n) is 5.84.